The zero-order chi connectivity index (χ0) is 13.8. The maximum absolute atomic E-state index is 9.05. The molecule has 5 heteroatoms. The van der Waals surface area contributed by atoms with Crippen LogP contribution in [-0.2, 0) is 13.0 Å². The van der Waals surface area contributed by atoms with Gasteiger partial charge in [-0.15, -0.1) is 0 Å². The predicted octanol–water partition coefficient (Wildman–Crippen LogP) is 1.36. The number of pyridine rings is 1. The van der Waals surface area contributed by atoms with Gasteiger partial charge in [0.05, 0.1) is 0 Å². The number of piperidine rings is 1. The molecule has 0 aliphatic carbocycles. The summed E-state index contributed by atoms with van der Waals surface area (Å²) >= 11 is 0. The average Bonchev–Trinajstić information content (AvgIpc) is 2.84. The van der Waals surface area contributed by atoms with Crippen LogP contribution in [0.5, 0.6) is 0 Å². The molecule has 2 N–H and O–H groups in total. The van der Waals surface area contributed by atoms with Gasteiger partial charge in [0.15, 0.2) is 5.65 Å². The molecule has 1 fully saturated rings. The third-order valence-electron chi connectivity index (χ3n) is 3.98. The standard InChI is InChI=1S/C15H22N4O/c20-9-3-6-14-18-13-5-2-8-17-15(13)19(14)11-12-4-1-7-16-10-12/h2,5,8,12,16,20H,1,3-4,6-7,9-11H2. The van der Waals surface area contributed by atoms with Crippen molar-refractivity contribution >= 4 is 11.2 Å². The number of aromatic nitrogens is 3. The lowest BCUT2D eigenvalue weighted by Gasteiger charge is -2.24. The van der Waals surface area contributed by atoms with Crippen LogP contribution in [0, 0.1) is 5.92 Å². The molecule has 0 amide bonds. The summed E-state index contributed by atoms with van der Waals surface area (Å²) in [6.45, 7) is 3.39. The van der Waals surface area contributed by atoms with E-state index >= 15 is 0 Å². The summed E-state index contributed by atoms with van der Waals surface area (Å²) in [5.74, 6) is 1.70. The van der Waals surface area contributed by atoms with Crippen LogP contribution in [0.25, 0.3) is 11.2 Å². The fraction of sp³-hybridized carbons (Fsp3) is 0.600. The first-order valence-corrected chi connectivity index (χ1v) is 7.50. The summed E-state index contributed by atoms with van der Waals surface area (Å²) < 4.78 is 2.25. The second-order valence-electron chi connectivity index (χ2n) is 5.52. The number of nitrogens with one attached hydrogen (secondary N) is 1. The van der Waals surface area contributed by atoms with E-state index in [1.54, 1.807) is 0 Å². The Labute approximate surface area is 119 Å². The lowest BCUT2D eigenvalue weighted by Crippen LogP contribution is -2.32. The molecule has 0 aromatic carbocycles. The molecule has 0 spiro atoms. The predicted molar refractivity (Wildman–Crippen MR) is 78.5 cm³/mol. The van der Waals surface area contributed by atoms with E-state index in [4.69, 9.17) is 5.11 Å². The average molecular weight is 274 g/mol. The van der Waals surface area contributed by atoms with E-state index in [0.29, 0.717) is 5.92 Å². The number of rotatable bonds is 5. The number of aryl methyl sites for hydroxylation is 1. The maximum Gasteiger partial charge on any atom is 0.159 e. The Morgan fingerprint density at radius 1 is 1.45 bits per heavy atom. The van der Waals surface area contributed by atoms with Crippen molar-refractivity contribution in [2.24, 2.45) is 5.92 Å². The number of aliphatic hydroxyl groups is 1. The van der Waals surface area contributed by atoms with E-state index in [9.17, 15) is 0 Å². The molecule has 1 atom stereocenters. The van der Waals surface area contributed by atoms with E-state index in [0.717, 1.165) is 49.5 Å². The molecule has 0 saturated carbocycles. The van der Waals surface area contributed by atoms with E-state index < -0.39 is 0 Å². The molecule has 1 aliphatic rings. The Bertz CT molecular complexity index is 560. The molecular formula is C15H22N4O. The molecule has 2 aromatic heterocycles. The number of nitrogens with zero attached hydrogens (tertiary/aromatic N) is 3. The van der Waals surface area contributed by atoms with Crippen LogP contribution in [0.15, 0.2) is 18.3 Å². The van der Waals surface area contributed by atoms with Gasteiger partial charge in [-0.25, -0.2) is 9.97 Å². The lowest BCUT2D eigenvalue weighted by molar-refractivity contribution is 0.285. The smallest absolute Gasteiger partial charge is 0.159 e. The number of aliphatic hydroxyl groups excluding tert-OH is 1. The fourth-order valence-corrected chi connectivity index (χ4v) is 2.96. The number of imidazole rings is 1. The van der Waals surface area contributed by atoms with Crippen molar-refractivity contribution < 1.29 is 5.11 Å². The summed E-state index contributed by atoms with van der Waals surface area (Å²) in [6.07, 6.45) is 5.91. The molecule has 0 radical (unpaired) electrons. The second-order valence-corrected chi connectivity index (χ2v) is 5.52. The molecule has 20 heavy (non-hydrogen) atoms. The van der Waals surface area contributed by atoms with Crippen LogP contribution < -0.4 is 5.32 Å². The van der Waals surface area contributed by atoms with Crippen LogP contribution in [0.3, 0.4) is 0 Å². The summed E-state index contributed by atoms with van der Waals surface area (Å²) in [6, 6.07) is 3.94. The highest BCUT2D eigenvalue weighted by molar-refractivity contribution is 5.71. The highest BCUT2D eigenvalue weighted by atomic mass is 16.2. The Morgan fingerprint density at radius 2 is 2.40 bits per heavy atom. The van der Waals surface area contributed by atoms with Gasteiger partial charge >= 0.3 is 0 Å². The van der Waals surface area contributed by atoms with Crippen LogP contribution in [0.1, 0.15) is 25.1 Å². The van der Waals surface area contributed by atoms with Gasteiger partial charge in [0, 0.05) is 25.8 Å². The summed E-state index contributed by atoms with van der Waals surface area (Å²) in [7, 11) is 0. The van der Waals surface area contributed by atoms with Gasteiger partial charge in [-0.3, -0.25) is 0 Å². The number of hydrogen-bond acceptors (Lipinski definition) is 4. The van der Waals surface area contributed by atoms with Gasteiger partial charge in [0.25, 0.3) is 0 Å². The minimum Gasteiger partial charge on any atom is -0.396 e. The molecule has 1 unspecified atom stereocenters. The second kappa shape index (κ2) is 6.33. The molecule has 2 aromatic rings. The Kier molecular flexibility index (Phi) is 4.28. The molecule has 108 valence electrons. The zero-order valence-electron chi connectivity index (χ0n) is 11.8. The first kappa shape index (κ1) is 13.5. The Balaban J connectivity index is 1.88. The highest BCUT2D eigenvalue weighted by Crippen LogP contribution is 2.19. The molecule has 1 aliphatic heterocycles. The Hall–Kier alpha value is -1.46. The minimum absolute atomic E-state index is 0.210. The van der Waals surface area contributed by atoms with E-state index in [1.807, 2.05) is 18.3 Å². The van der Waals surface area contributed by atoms with Gasteiger partial charge in [-0.05, 0) is 50.4 Å². The SMILES string of the molecule is OCCCc1nc2cccnc2n1CC1CCCNC1. The van der Waals surface area contributed by atoms with Gasteiger partial charge in [-0.2, -0.15) is 0 Å². The summed E-state index contributed by atoms with van der Waals surface area (Å²) in [4.78, 5) is 9.18. The van der Waals surface area contributed by atoms with Crippen molar-refractivity contribution in [1.29, 1.82) is 0 Å². The van der Waals surface area contributed by atoms with Crippen molar-refractivity contribution in [2.75, 3.05) is 19.7 Å². The van der Waals surface area contributed by atoms with Crippen LogP contribution in [0.4, 0.5) is 0 Å². The lowest BCUT2D eigenvalue weighted by atomic mass is 9.99. The summed E-state index contributed by atoms with van der Waals surface area (Å²) in [5, 5.41) is 12.5. The van der Waals surface area contributed by atoms with Crippen molar-refractivity contribution in [3.63, 3.8) is 0 Å². The fourth-order valence-electron chi connectivity index (χ4n) is 2.96. The van der Waals surface area contributed by atoms with Gasteiger partial charge in [0.1, 0.15) is 11.3 Å². The van der Waals surface area contributed by atoms with Crippen LogP contribution in [-0.4, -0.2) is 39.3 Å². The van der Waals surface area contributed by atoms with Gasteiger partial charge < -0.3 is 15.0 Å². The van der Waals surface area contributed by atoms with Crippen molar-refractivity contribution in [3.05, 3.63) is 24.2 Å². The van der Waals surface area contributed by atoms with Gasteiger partial charge in [-0.1, -0.05) is 0 Å². The Morgan fingerprint density at radius 3 is 3.20 bits per heavy atom. The quantitative estimate of drug-likeness (QED) is 0.864. The highest BCUT2D eigenvalue weighted by Gasteiger charge is 2.18. The molecule has 3 rings (SSSR count). The first-order chi connectivity index (χ1) is 9.88. The minimum atomic E-state index is 0.210. The molecule has 5 nitrogen and oxygen atoms in total. The van der Waals surface area contributed by atoms with Crippen LogP contribution >= 0.6 is 0 Å². The van der Waals surface area contributed by atoms with Crippen molar-refractivity contribution in [1.82, 2.24) is 19.9 Å². The van der Waals surface area contributed by atoms with Crippen molar-refractivity contribution in [3.8, 4) is 0 Å². The van der Waals surface area contributed by atoms with E-state index in [2.05, 4.69) is 19.9 Å². The maximum atomic E-state index is 9.05. The normalized spacial score (nSPS) is 19.6. The van der Waals surface area contributed by atoms with Gasteiger partial charge in [0.2, 0.25) is 0 Å². The number of hydrogen-bond donors (Lipinski definition) is 2. The zero-order valence-corrected chi connectivity index (χ0v) is 11.8. The number of fused-ring (bicyclic) bond motifs is 1. The summed E-state index contributed by atoms with van der Waals surface area (Å²) in [5.41, 5.74) is 1.94. The molecular weight excluding hydrogens is 252 g/mol. The van der Waals surface area contributed by atoms with E-state index in [1.165, 1.54) is 12.8 Å². The third kappa shape index (κ3) is 2.83. The monoisotopic (exact) mass is 274 g/mol. The van der Waals surface area contributed by atoms with E-state index in [-0.39, 0.29) is 6.61 Å². The topological polar surface area (TPSA) is 63.0 Å². The van der Waals surface area contributed by atoms with Crippen molar-refractivity contribution in [2.45, 2.75) is 32.2 Å². The first-order valence-electron chi connectivity index (χ1n) is 7.50. The molecule has 0 bridgehead atoms. The third-order valence-corrected chi connectivity index (χ3v) is 3.98. The molecule has 1 saturated heterocycles. The molecule has 3 heterocycles. The van der Waals surface area contributed by atoms with Crippen LogP contribution in [0.2, 0.25) is 0 Å². The largest absolute Gasteiger partial charge is 0.396 e.